The van der Waals surface area contributed by atoms with E-state index in [1.807, 2.05) is 0 Å². The van der Waals surface area contributed by atoms with Crippen molar-refractivity contribution < 1.29 is 23.7 Å². The normalized spacial score (nSPS) is 19.3. The number of amides is 3. The first-order chi connectivity index (χ1) is 16.2. The first kappa shape index (κ1) is 21.7. The van der Waals surface area contributed by atoms with Gasteiger partial charge in [-0.2, -0.15) is 0 Å². The van der Waals surface area contributed by atoms with E-state index in [1.165, 1.54) is 35.2 Å². The highest BCUT2D eigenvalue weighted by molar-refractivity contribution is 6.32. The Labute approximate surface area is 197 Å². The fraction of sp³-hybridized carbons (Fsp3) is 0.125. The SMILES string of the molecule is Cc1ccc(N2C(=O)[C@@H](N3C(=O)c4cccc([N+](=O)[O-])c4C3=O)[C@H]2c2ccccc2F)cc1Cl. The summed E-state index contributed by atoms with van der Waals surface area (Å²) in [5.41, 5.74) is 0.146. The lowest BCUT2D eigenvalue weighted by Gasteiger charge is -2.49. The molecule has 0 aliphatic carbocycles. The number of anilines is 1. The standard InChI is InChI=1S/C24H15ClFN3O5/c1-12-9-10-13(11-16(12)25)27-20(14-5-2-3-7-17(14)26)21(24(27)32)28-22(30)15-6-4-8-18(29(33)34)19(15)23(28)31/h2-11,20-21H,1H3/t20-,21+/m1/s1. The maximum absolute atomic E-state index is 14.9. The molecular formula is C24H15ClFN3O5. The van der Waals surface area contributed by atoms with E-state index >= 15 is 0 Å². The molecule has 0 unspecified atom stereocenters. The second kappa shape index (κ2) is 7.74. The van der Waals surface area contributed by atoms with Crippen molar-refractivity contribution in [3.63, 3.8) is 0 Å². The van der Waals surface area contributed by atoms with Gasteiger partial charge in [-0.05, 0) is 36.8 Å². The van der Waals surface area contributed by atoms with Gasteiger partial charge in [0.25, 0.3) is 23.4 Å². The number of fused-ring (bicyclic) bond motifs is 1. The van der Waals surface area contributed by atoms with E-state index in [4.69, 9.17) is 11.6 Å². The number of nitro groups is 1. The maximum atomic E-state index is 14.9. The molecule has 2 heterocycles. The quantitative estimate of drug-likeness (QED) is 0.238. The van der Waals surface area contributed by atoms with Gasteiger partial charge in [-0.1, -0.05) is 41.9 Å². The van der Waals surface area contributed by atoms with Gasteiger partial charge in [0.2, 0.25) is 0 Å². The van der Waals surface area contributed by atoms with Crippen molar-refractivity contribution >= 4 is 40.7 Å². The Morgan fingerprint density at radius 3 is 2.35 bits per heavy atom. The topological polar surface area (TPSA) is 101 Å². The Balaban J connectivity index is 1.63. The molecule has 2 aliphatic rings. The van der Waals surface area contributed by atoms with Crippen molar-refractivity contribution in [2.24, 2.45) is 0 Å². The van der Waals surface area contributed by atoms with Crippen molar-refractivity contribution in [2.75, 3.05) is 4.90 Å². The van der Waals surface area contributed by atoms with Crippen LogP contribution < -0.4 is 4.90 Å². The number of imide groups is 1. The summed E-state index contributed by atoms with van der Waals surface area (Å²) in [4.78, 5) is 52.4. The van der Waals surface area contributed by atoms with Crippen LogP contribution in [-0.4, -0.2) is 33.6 Å². The number of carbonyl (C=O) groups excluding carboxylic acids is 3. The Bertz CT molecular complexity index is 1430. The number of benzene rings is 3. The summed E-state index contributed by atoms with van der Waals surface area (Å²) >= 11 is 6.23. The minimum Gasteiger partial charge on any atom is -0.300 e. The molecule has 3 aromatic carbocycles. The molecule has 0 radical (unpaired) electrons. The van der Waals surface area contributed by atoms with Crippen molar-refractivity contribution in [2.45, 2.75) is 19.0 Å². The van der Waals surface area contributed by atoms with Crippen molar-refractivity contribution in [3.8, 4) is 0 Å². The summed E-state index contributed by atoms with van der Waals surface area (Å²) in [6.45, 7) is 1.78. The molecule has 8 nitrogen and oxygen atoms in total. The van der Waals surface area contributed by atoms with Crippen LogP contribution in [0, 0.1) is 22.9 Å². The molecule has 3 amide bonds. The predicted molar refractivity (Wildman–Crippen MR) is 120 cm³/mol. The first-order valence-corrected chi connectivity index (χ1v) is 10.6. The van der Waals surface area contributed by atoms with Gasteiger partial charge in [0.15, 0.2) is 0 Å². The summed E-state index contributed by atoms with van der Waals surface area (Å²) in [7, 11) is 0. The molecule has 0 saturated carbocycles. The van der Waals surface area contributed by atoms with Gasteiger partial charge < -0.3 is 4.90 Å². The molecule has 2 aliphatic heterocycles. The summed E-state index contributed by atoms with van der Waals surface area (Å²) in [5.74, 6) is -3.07. The number of nitro benzene ring substituents is 1. The Morgan fingerprint density at radius 2 is 1.68 bits per heavy atom. The lowest BCUT2D eigenvalue weighted by Crippen LogP contribution is -2.67. The number of hydrogen-bond acceptors (Lipinski definition) is 5. The van der Waals surface area contributed by atoms with Crippen LogP contribution in [0.1, 0.15) is 37.9 Å². The number of hydrogen-bond donors (Lipinski definition) is 0. The summed E-state index contributed by atoms with van der Waals surface area (Å²) in [6.07, 6.45) is 0. The van der Waals surface area contributed by atoms with E-state index in [0.29, 0.717) is 15.6 Å². The van der Waals surface area contributed by atoms with E-state index in [2.05, 4.69) is 0 Å². The smallest absolute Gasteiger partial charge is 0.282 e. The number of nitrogens with zero attached hydrogens (tertiary/aromatic N) is 3. The molecule has 5 rings (SSSR count). The average Bonchev–Trinajstić information content (AvgIpc) is 3.05. The predicted octanol–water partition coefficient (Wildman–Crippen LogP) is 4.45. The summed E-state index contributed by atoms with van der Waals surface area (Å²) < 4.78 is 14.9. The van der Waals surface area contributed by atoms with Gasteiger partial charge in [-0.25, -0.2) is 4.39 Å². The molecule has 170 valence electrons. The number of rotatable bonds is 4. The zero-order valence-corrected chi connectivity index (χ0v) is 18.3. The molecule has 0 bridgehead atoms. The van der Waals surface area contributed by atoms with Gasteiger partial charge in [0.1, 0.15) is 17.4 Å². The minimum atomic E-state index is -1.39. The van der Waals surface area contributed by atoms with Crippen LogP contribution in [-0.2, 0) is 4.79 Å². The van der Waals surface area contributed by atoms with Crippen LogP contribution in [0.25, 0.3) is 0 Å². The first-order valence-electron chi connectivity index (χ1n) is 10.2. The molecule has 0 aromatic heterocycles. The fourth-order valence-corrected chi connectivity index (χ4v) is 4.63. The molecule has 1 saturated heterocycles. The Morgan fingerprint density at radius 1 is 0.941 bits per heavy atom. The third-order valence-electron chi connectivity index (χ3n) is 6.12. The maximum Gasteiger partial charge on any atom is 0.282 e. The van der Waals surface area contributed by atoms with Crippen LogP contribution in [0.15, 0.2) is 60.7 Å². The van der Waals surface area contributed by atoms with Gasteiger partial charge in [-0.15, -0.1) is 0 Å². The van der Waals surface area contributed by atoms with Gasteiger partial charge in [0.05, 0.1) is 16.5 Å². The van der Waals surface area contributed by atoms with E-state index in [1.54, 1.807) is 31.2 Å². The number of β-lactam (4-membered cyclic amide) rings is 1. The van der Waals surface area contributed by atoms with Crippen LogP contribution in [0.3, 0.4) is 0 Å². The van der Waals surface area contributed by atoms with E-state index in [-0.39, 0.29) is 16.7 Å². The summed E-state index contributed by atoms with van der Waals surface area (Å²) in [5, 5.41) is 11.8. The lowest BCUT2D eigenvalue weighted by molar-refractivity contribution is -0.385. The Kier molecular flexibility index (Phi) is 4.94. The highest BCUT2D eigenvalue weighted by Crippen LogP contribution is 2.46. The highest BCUT2D eigenvalue weighted by Gasteiger charge is 2.58. The molecule has 2 atom stereocenters. The van der Waals surface area contributed by atoms with Crippen LogP contribution in [0.2, 0.25) is 5.02 Å². The van der Waals surface area contributed by atoms with E-state index < -0.39 is 46.2 Å². The van der Waals surface area contributed by atoms with Crippen LogP contribution >= 0.6 is 11.6 Å². The molecular weight excluding hydrogens is 465 g/mol. The lowest BCUT2D eigenvalue weighted by atomic mass is 9.86. The average molecular weight is 480 g/mol. The minimum absolute atomic E-state index is 0.0925. The zero-order chi connectivity index (χ0) is 24.3. The molecule has 3 aromatic rings. The van der Waals surface area contributed by atoms with Gasteiger partial charge in [0, 0.05) is 22.3 Å². The molecule has 10 heteroatoms. The molecule has 0 N–H and O–H groups in total. The van der Waals surface area contributed by atoms with Crippen LogP contribution in [0.4, 0.5) is 15.8 Å². The van der Waals surface area contributed by atoms with Crippen LogP contribution in [0.5, 0.6) is 0 Å². The fourth-order valence-electron chi connectivity index (χ4n) is 4.46. The monoisotopic (exact) mass is 479 g/mol. The number of carbonyl (C=O) groups is 3. The second-order valence-electron chi connectivity index (χ2n) is 7.99. The van der Waals surface area contributed by atoms with Gasteiger partial charge >= 0.3 is 0 Å². The Hall–Kier alpha value is -4.11. The van der Waals surface area contributed by atoms with E-state index in [9.17, 15) is 28.9 Å². The van der Waals surface area contributed by atoms with Crippen molar-refractivity contribution in [1.82, 2.24) is 4.90 Å². The van der Waals surface area contributed by atoms with Crippen molar-refractivity contribution in [1.29, 1.82) is 0 Å². The molecule has 1 fully saturated rings. The number of aryl methyl sites for hydroxylation is 1. The second-order valence-corrected chi connectivity index (χ2v) is 8.40. The number of halogens is 2. The van der Waals surface area contributed by atoms with Crippen molar-refractivity contribution in [3.05, 3.63) is 104 Å². The third-order valence-corrected chi connectivity index (χ3v) is 6.53. The summed E-state index contributed by atoms with van der Waals surface area (Å²) in [6, 6.07) is 11.9. The molecule has 0 spiro atoms. The van der Waals surface area contributed by atoms with Gasteiger partial charge in [-0.3, -0.25) is 29.4 Å². The highest BCUT2D eigenvalue weighted by atomic mass is 35.5. The van der Waals surface area contributed by atoms with E-state index in [0.717, 1.165) is 11.6 Å². The largest absolute Gasteiger partial charge is 0.300 e. The molecule has 34 heavy (non-hydrogen) atoms. The third kappa shape index (κ3) is 3.01. The zero-order valence-electron chi connectivity index (χ0n) is 17.6.